The van der Waals surface area contributed by atoms with Gasteiger partial charge < -0.3 is 15.4 Å². The molecule has 0 radical (unpaired) electrons. The topological polar surface area (TPSA) is 128 Å². The molecule has 10 heteroatoms. The Kier molecular flexibility index (Phi) is 8.18. The summed E-state index contributed by atoms with van der Waals surface area (Å²) in [5.74, 6) is -1.12. The standard InChI is InChI=1S/C30H36N6O4/c1-17(2)36-26-24(16-33-36)22(27(37)31-15-23-18(3)12-19(4)34-28(23)38)13-25(35-26)21-11-9-8-10-20(21)14-32-29(39)40-30(5,6)7/h8-13,16-17,23H,14-15H2,1-7H3,(H,31,37)(H,32,39). The number of benzene rings is 1. The molecule has 1 unspecified atom stereocenters. The second kappa shape index (κ2) is 11.4. The number of aromatic nitrogens is 3. The van der Waals surface area contributed by atoms with Crippen molar-refractivity contribution in [3.05, 3.63) is 59.3 Å². The monoisotopic (exact) mass is 544 g/mol. The normalized spacial score (nSPS) is 15.6. The van der Waals surface area contributed by atoms with E-state index >= 15 is 0 Å². The summed E-state index contributed by atoms with van der Waals surface area (Å²) in [5, 5.41) is 10.8. The smallest absolute Gasteiger partial charge is 0.407 e. The van der Waals surface area contributed by atoms with Crippen molar-refractivity contribution in [2.75, 3.05) is 6.54 Å². The van der Waals surface area contributed by atoms with E-state index in [-0.39, 0.29) is 30.9 Å². The van der Waals surface area contributed by atoms with Crippen molar-refractivity contribution in [2.24, 2.45) is 10.9 Å². The first-order chi connectivity index (χ1) is 18.8. The number of carbonyl (C=O) groups is 3. The zero-order valence-electron chi connectivity index (χ0n) is 24.0. The molecule has 10 nitrogen and oxygen atoms in total. The van der Waals surface area contributed by atoms with E-state index in [1.54, 1.807) is 44.6 Å². The zero-order valence-corrected chi connectivity index (χ0v) is 24.0. The number of nitrogens with zero attached hydrogens (tertiary/aromatic N) is 4. The highest BCUT2D eigenvalue weighted by Crippen LogP contribution is 2.29. The Labute approximate surface area is 233 Å². The average molecular weight is 545 g/mol. The number of alkyl carbamates (subject to hydrolysis) is 1. The Morgan fingerprint density at radius 1 is 1.12 bits per heavy atom. The van der Waals surface area contributed by atoms with Gasteiger partial charge in [0, 0.05) is 30.4 Å². The van der Waals surface area contributed by atoms with Crippen molar-refractivity contribution in [2.45, 2.75) is 66.7 Å². The molecule has 0 aliphatic carbocycles. The summed E-state index contributed by atoms with van der Waals surface area (Å²) >= 11 is 0. The summed E-state index contributed by atoms with van der Waals surface area (Å²) in [5.41, 5.74) is 4.00. The molecule has 2 aromatic heterocycles. The lowest BCUT2D eigenvalue weighted by molar-refractivity contribution is -0.120. The van der Waals surface area contributed by atoms with Crippen LogP contribution in [0.3, 0.4) is 0 Å². The van der Waals surface area contributed by atoms with Crippen LogP contribution in [0.4, 0.5) is 4.79 Å². The number of ether oxygens (including phenoxy) is 1. The molecule has 1 aliphatic heterocycles. The van der Waals surface area contributed by atoms with Crippen molar-refractivity contribution in [1.82, 2.24) is 25.4 Å². The van der Waals surface area contributed by atoms with Crippen LogP contribution < -0.4 is 10.6 Å². The summed E-state index contributed by atoms with van der Waals surface area (Å²) in [6, 6.07) is 9.28. The number of hydrogen-bond acceptors (Lipinski definition) is 6. The summed E-state index contributed by atoms with van der Waals surface area (Å²) in [6.45, 7) is 13.4. The molecule has 1 aromatic carbocycles. The maximum absolute atomic E-state index is 13.6. The molecule has 0 saturated heterocycles. The van der Waals surface area contributed by atoms with Crippen LogP contribution in [0.25, 0.3) is 22.3 Å². The fourth-order valence-corrected chi connectivity index (χ4v) is 4.57. The van der Waals surface area contributed by atoms with Gasteiger partial charge in [-0.25, -0.2) is 19.5 Å². The van der Waals surface area contributed by atoms with E-state index in [0.29, 0.717) is 28.0 Å². The molecular weight excluding hydrogens is 508 g/mol. The van der Waals surface area contributed by atoms with E-state index in [9.17, 15) is 14.4 Å². The van der Waals surface area contributed by atoms with Crippen LogP contribution >= 0.6 is 0 Å². The lowest BCUT2D eigenvalue weighted by Crippen LogP contribution is -2.34. The van der Waals surface area contributed by atoms with E-state index in [1.807, 2.05) is 51.1 Å². The number of amides is 3. The van der Waals surface area contributed by atoms with Gasteiger partial charge in [-0.15, -0.1) is 0 Å². The summed E-state index contributed by atoms with van der Waals surface area (Å²) < 4.78 is 7.15. The van der Waals surface area contributed by atoms with E-state index in [1.165, 1.54) is 0 Å². The molecule has 0 fully saturated rings. The van der Waals surface area contributed by atoms with Crippen LogP contribution in [0.15, 0.2) is 53.2 Å². The molecule has 1 aliphatic rings. The number of allylic oxidation sites excluding steroid dienone is 1. The van der Waals surface area contributed by atoms with Gasteiger partial charge in [0.05, 0.1) is 28.8 Å². The minimum atomic E-state index is -0.616. The fraction of sp³-hybridized carbons (Fsp3) is 0.400. The van der Waals surface area contributed by atoms with Gasteiger partial charge in [-0.3, -0.25) is 9.59 Å². The highest BCUT2D eigenvalue weighted by atomic mass is 16.6. The molecule has 3 aromatic rings. The van der Waals surface area contributed by atoms with Gasteiger partial charge >= 0.3 is 6.09 Å². The van der Waals surface area contributed by atoms with Gasteiger partial charge in [-0.1, -0.05) is 29.8 Å². The summed E-state index contributed by atoms with van der Waals surface area (Å²) in [6.07, 6.45) is 2.97. The van der Waals surface area contributed by atoms with Gasteiger partial charge in [0.25, 0.3) is 11.8 Å². The first kappa shape index (κ1) is 28.7. The zero-order chi connectivity index (χ0) is 29.2. The van der Waals surface area contributed by atoms with E-state index in [2.05, 4.69) is 20.7 Å². The number of fused-ring (bicyclic) bond motifs is 1. The Hall–Kier alpha value is -4.34. The largest absolute Gasteiger partial charge is 0.444 e. The first-order valence-electron chi connectivity index (χ1n) is 13.3. The first-order valence-corrected chi connectivity index (χ1v) is 13.3. The summed E-state index contributed by atoms with van der Waals surface area (Å²) in [4.78, 5) is 47.3. The van der Waals surface area contributed by atoms with Gasteiger partial charge in [-0.2, -0.15) is 5.10 Å². The van der Waals surface area contributed by atoms with Gasteiger partial charge in [0.1, 0.15) is 5.60 Å². The summed E-state index contributed by atoms with van der Waals surface area (Å²) in [7, 11) is 0. The van der Waals surface area contributed by atoms with Gasteiger partial charge in [0.15, 0.2) is 5.65 Å². The minimum absolute atomic E-state index is 0.00832. The fourth-order valence-electron chi connectivity index (χ4n) is 4.57. The molecule has 2 N–H and O–H groups in total. The quantitative estimate of drug-likeness (QED) is 0.431. The third kappa shape index (κ3) is 6.44. The van der Waals surface area contributed by atoms with Crippen molar-refractivity contribution < 1.29 is 19.1 Å². The number of nitrogens with one attached hydrogen (secondary N) is 2. The van der Waals surface area contributed by atoms with Crippen molar-refractivity contribution in [1.29, 1.82) is 0 Å². The molecule has 4 rings (SSSR count). The van der Waals surface area contributed by atoms with Crippen LogP contribution in [-0.2, 0) is 16.1 Å². The van der Waals surface area contributed by atoms with Crippen LogP contribution in [0.1, 0.15) is 70.4 Å². The number of aliphatic imine (C=N–C) groups is 1. The molecule has 210 valence electrons. The third-order valence-electron chi connectivity index (χ3n) is 6.45. The third-order valence-corrected chi connectivity index (χ3v) is 6.45. The maximum Gasteiger partial charge on any atom is 0.407 e. The van der Waals surface area contributed by atoms with E-state index < -0.39 is 17.6 Å². The number of rotatable bonds is 7. The second-order valence-electron chi connectivity index (χ2n) is 11.2. The minimum Gasteiger partial charge on any atom is -0.444 e. The maximum atomic E-state index is 13.6. The highest BCUT2D eigenvalue weighted by Gasteiger charge is 2.26. The molecule has 1 atom stereocenters. The highest BCUT2D eigenvalue weighted by molar-refractivity contribution is 6.08. The molecular formula is C30H36N6O4. The SMILES string of the molecule is CC1=CC(C)=NC(=O)C1CNC(=O)c1cc(-c2ccccc2CNC(=O)OC(C)(C)C)nc2c1cnn2C(C)C. The molecule has 40 heavy (non-hydrogen) atoms. The van der Waals surface area contributed by atoms with Crippen molar-refractivity contribution in [3.63, 3.8) is 0 Å². The van der Waals surface area contributed by atoms with E-state index in [4.69, 9.17) is 9.72 Å². The lowest BCUT2D eigenvalue weighted by atomic mass is 9.95. The van der Waals surface area contributed by atoms with Crippen LogP contribution in [-0.4, -0.2) is 50.5 Å². The molecule has 0 spiro atoms. The number of dihydropyridines is 1. The van der Waals surface area contributed by atoms with Crippen molar-refractivity contribution in [3.8, 4) is 11.3 Å². The van der Waals surface area contributed by atoms with Crippen LogP contribution in [0, 0.1) is 5.92 Å². The van der Waals surface area contributed by atoms with Crippen molar-refractivity contribution >= 4 is 34.7 Å². The van der Waals surface area contributed by atoms with Crippen LogP contribution in [0.5, 0.6) is 0 Å². The lowest BCUT2D eigenvalue weighted by Gasteiger charge is -2.20. The van der Waals surface area contributed by atoms with Crippen LogP contribution in [0.2, 0.25) is 0 Å². The number of hydrogen-bond donors (Lipinski definition) is 2. The average Bonchev–Trinajstić information content (AvgIpc) is 3.29. The Morgan fingerprint density at radius 2 is 1.85 bits per heavy atom. The molecule has 3 amide bonds. The van der Waals surface area contributed by atoms with Gasteiger partial charge in [-0.05, 0) is 66.2 Å². The predicted molar refractivity (Wildman–Crippen MR) is 154 cm³/mol. The Morgan fingerprint density at radius 3 is 2.52 bits per heavy atom. The van der Waals surface area contributed by atoms with E-state index in [0.717, 1.165) is 16.7 Å². The molecule has 0 saturated carbocycles. The molecule has 0 bridgehead atoms. The number of carbonyl (C=O) groups excluding carboxylic acids is 3. The Balaban J connectivity index is 1.68. The number of pyridine rings is 1. The predicted octanol–water partition coefficient (Wildman–Crippen LogP) is 5.00. The van der Waals surface area contributed by atoms with Gasteiger partial charge in [0.2, 0.25) is 0 Å². The molecule has 3 heterocycles. The second-order valence-corrected chi connectivity index (χ2v) is 11.2. The Bertz CT molecular complexity index is 1530.